The monoisotopic (exact) mass is 308 g/mol. The van der Waals surface area contributed by atoms with Gasteiger partial charge in [0, 0.05) is 0 Å². The summed E-state index contributed by atoms with van der Waals surface area (Å²) in [5.41, 5.74) is 1.77. The van der Waals surface area contributed by atoms with Crippen molar-refractivity contribution in [3.63, 3.8) is 0 Å². The van der Waals surface area contributed by atoms with Gasteiger partial charge in [-0.05, 0) is 34.7 Å². The number of aliphatic hydroxyl groups is 1. The molecule has 3 rings (SSSR count). The number of aliphatic hydroxyl groups excluding tert-OH is 1. The van der Waals surface area contributed by atoms with E-state index in [0.29, 0.717) is 24.2 Å². The summed E-state index contributed by atoms with van der Waals surface area (Å²) in [6.45, 7) is 0.225. The summed E-state index contributed by atoms with van der Waals surface area (Å²) in [7, 11) is 0. The molecular weight excluding hydrogens is 293 g/mol. The lowest BCUT2D eigenvalue weighted by atomic mass is 9.89. The summed E-state index contributed by atoms with van der Waals surface area (Å²) in [6.07, 6.45) is -4.52. The number of rotatable bonds is 2. The van der Waals surface area contributed by atoms with Gasteiger partial charge >= 0.3 is 6.18 Å². The fourth-order valence-electron chi connectivity index (χ4n) is 2.83. The van der Waals surface area contributed by atoms with E-state index >= 15 is 0 Å². The van der Waals surface area contributed by atoms with Crippen LogP contribution >= 0.6 is 0 Å². The third kappa shape index (κ3) is 2.74. The molecule has 1 heterocycles. The van der Waals surface area contributed by atoms with Crippen LogP contribution in [0, 0.1) is 0 Å². The molecule has 0 fully saturated rings. The van der Waals surface area contributed by atoms with Gasteiger partial charge in [-0.2, -0.15) is 13.2 Å². The van der Waals surface area contributed by atoms with Crippen LogP contribution in [0.5, 0.6) is 0 Å². The molecular formula is C17H15F3O2. The van der Waals surface area contributed by atoms with E-state index in [1.54, 1.807) is 18.2 Å². The highest BCUT2D eigenvalue weighted by Gasteiger charge is 2.36. The molecule has 1 aliphatic rings. The summed E-state index contributed by atoms with van der Waals surface area (Å²) >= 11 is 0. The summed E-state index contributed by atoms with van der Waals surface area (Å²) in [5.74, 6) is 0. The molecule has 2 aromatic carbocycles. The Morgan fingerprint density at radius 2 is 1.86 bits per heavy atom. The van der Waals surface area contributed by atoms with Gasteiger partial charge < -0.3 is 9.84 Å². The zero-order valence-corrected chi connectivity index (χ0v) is 11.7. The number of fused-ring (bicyclic) bond motifs is 1. The van der Waals surface area contributed by atoms with Crippen molar-refractivity contribution in [2.45, 2.75) is 25.3 Å². The second-order valence-electron chi connectivity index (χ2n) is 5.28. The maximum atomic E-state index is 13.2. The van der Waals surface area contributed by atoms with Crippen LogP contribution in [-0.2, 0) is 23.9 Å². The van der Waals surface area contributed by atoms with Crippen molar-refractivity contribution in [2.24, 2.45) is 0 Å². The molecule has 0 aromatic heterocycles. The molecule has 1 unspecified atom stereocenters. The Kier molecular flexibility index (Phi) is 3.93. The molecule has 0 bridgehead atoms. The van der Waals surface area contributed by atoms with Crippen molar-refractivity contribution in [1.29, 1.82) is 0 Å². The van der Waals surface area contributed by atoms with Gasteiger partial charge in [0.1, 0.15) is 6.10 Å². The van der Waals surface area contributed by atoms with Gasteiger partial charge in [-0.1, -0.05) is 36.4 Å². The molecule has 116 valence electrons. The third-order valence-electron chi connectivity index (χ3n) is 3.88. The standard InChI is InChI=1S/C17H15F3O2/c18-17(19,20)15-4-2-1-3-13(15)16-14-9-11(10-21)5-6-12(14)7-8-22-16/h1-6,9,16,21H,7-8,10H2. The molecule has 5 heteroatoms. The fraction of sp³-hybridized carbons (Fsp3) is 0.294. The first kappa shape index (κ1) is 15.1. The second-order valence-corrected chi connectivity index (χ2v) is 5.28. The van der Waals surface area contributed by atoms with E-state index in [9.17, 15) is 18.3 Å². The van der Waals surface area contributed by atoms with Crippen LogP contribution in [0.4, 0.5) is 13.2 Å². The molecule has 0 spiro atoms. The lowest BCUT2D eigenvalue weighted by Gasteiger charge is -2.29. The zero-order chi connectivity index (χ0) is 15.7. The van der Waals surface area contributed by atoms with Crippen LogP contribution in [0.25, 0.3) is 0 Å². The number of hydrogen-bond donors (Lipinski definition) is 1. The van der Waals surface area contributed by atoms with Crippen molar-refractivity contribution >= 4 is 0 Å². The molecule has 22 heavy (non-hydrogen) atoms. The Hall–Kier alpha value is -1.85. The average molecular weight is 308 g/mol. The third-order valence-corrected chi connectivity index (χ3v) is 3.88. The summed E-state index contributed by atoms with van der Waals surface area (Å²) in [6, 6.07) is 10.9. The molecule has 1 N–H and O–H groups in total. The first-order valence-electron chi connectivity index (χ1n) is 7.01. The molecule has 0 saturated heterocycles. The normalized spacial score (nSPS) is 18.1. The van der Waals surface area contributed by atoms with Gasteiger partial charge in [0.05, 0.1) is 18.8 Å². The van der Waals surface area contributed by atoms with Crippen molar-refractivity contribution in [2.75, 3.05) is 6.61 Å². The van der Waals surface area contributed by atoms with Gasteiger partial charge in [0.25, 0.3) is 0 Å². The molecule has 2 aromatic rings. The van der Waals surface area contributed by atoms with Crippen LogP contribution in [0.1, 0.15) is 33.9 Å². The van der Waals surface area contributed by atoms with Gasteiger partial charge in [-0.3, -0.25) is 0 Å². The minimum Gasteiger partial charge on any atom is -0.392 e. The zero-order valence-electron chi connectivity index (χ0n) is 11.7. The van der Waals surface area contributed by atoms with E-state index in [1.165, 1.54) is 12.1 Å². The van der Waals surface area contributed by atoms with Crippen LogP contribution in [0.3, 0.4) is 0 Å². The Balaban J connectivity index is 2.12. The molecule has 2 nitrogen and oxygen atoms in total. The SMILES string of the molecule is OCc1ccc2c(c1)C(c1ccccc1C(F)(F)F)OCC2. The van der Waals surface area contributed by atoms with E-state index in [-0.39, 0.29) is 12.2 Å². The minimum atomic E-state index is -4.42. The van der Waals surface area contributed by atoms with Crippen LogP contribution in [-0.4, -0.2) is 11.7 Å². The molecule has 1 atom stereocenters. The smallest absolute Gasteiger partial charge is 0.392 e. The highest BCUT2D eigenvalue weighted by atomic mass is 19.4. The van der Waals surface area contributed by atoms with Crippen LogP contribution < -0.4 is 0 Å². The number of halogens is 3. The predicted octanol–water partition coefficient (Wildman–Crippen LogP) is 3.86. The predicted molar refractivity (Wildman–Crippen MR) is 75.3 cm³/mol. The number of hydrogen-bond acceptors (Lipinski definition) is 2. The fourth-order valence-corrected chi connectivity index (χ4v) is 2.83. The van der Waals surface area contributed by atoms with Gasteiger partial charge in [0.15, 0.2) is 0 Å². The summed E-state index contributed by atoms with van der Waals surface area (Å²) in [4.78, 5) is 0. The number of alkyl halides is 3. The average Bonchev–Trinajstić information content (AvgIpc) is 2.53. The largest absolute Gasteiger partial charge is 0.416 e. The van der Waals surface area contributed by atoms with Crippen molar-refractivity contribution in [3.05, 3.63) is 70.3 Å². The van der Waals surface area contributed by atoms with Gasteiger partial charge in [-0.15, -0.1) is 0 Å². The Labute approximate surface area is 126 Å². The van der Waals surface area contributed by atoms with E-state index in [1.807, 2.05) is 6.07 Å². The van der Waals surface area contributed by atoms with E-state index in [0.717, 1.165) is 11.6 Å². The van der Waals surface area contributed by atoms with Crippen molar-refractivity contribution in [1.82, 2.24) is 0 Å². The lowest BCUT2D eigenvalue weighted by molar-refractivity contribution is -0.139. The van der Waals surface area contributed by atoms with E-state index < -0.39 is 17.8 Å². The van der Waals surface area contributed by atoms with E-state index in [4.69, 9.17) is 4.74 Å². The van der Waals surface area contributed by atoms with Gasteiger partial charge in [-0.25, -0.2) is 0 Å². The lowest BCUT2D eigenvalue weighted by Crippen LogP contribution is -2.21. The first-order chi connectivity index (χ1) is 10.5. The first-order valence-corrected chi connectivity index (χ1v) is 7.01. The number of benzene rings is 2. The molecule has 0 radical (unpaired) electrons. The van der Waals surface area contributed by atoms with Crippen LogP contribution in [0.15, 0.2) is 42.5 Å². The quantitative estimate of drug-likeness (QED) is 0.913. The van der Waals surface area contributed by atoms with Gasteiger partial charge in [0.2, 0.25) is 0 Å². The second kappa shape index (κ2) is 5.74. The molecule has 0 aliphatic carbocycles. The Morgan fingerprint density at radius 1 is 1.09 bits per heavy atom. The highest BCUT2D eigenvalue weighted by molar-refractivity contribution is 5.43. The van der Waals surface area contributed by atoms with E-state index in [2.05, 4.69) is 0 Å². The molecule has 0 saturated carbocycles. The minimum absolute atomic E-state index is 0.117. The highest BCUT2D eigenvalue weighted by Crippen LogP contribution is 2.40. The Morgan fingerprint density at radius 3 is 2.59 bits per heavy atom. The van der Waals surface area contributed by atoms with Crippen molar-refractivity contribution < 1.29 is 23.0 Å². The Bertz CT molecular complexity index is 680. The maximum Gasteiger partial charge on any atom is 0.416 e. The summed E-state index contributed by atoms with van der Waals surface area (Å²) in [5, 5.41) is 9.26. The molecule has 0 amide bonds. The molecule has 1 aliphatic heterocycles. The topological polar surface area (TPSA) is 29.5 Å². The summed E-state index contributed by atoms with van der Waals surface area (Å²) < 4.78 is 45.3. The van der Waals surface area contributed by atoms with Crippen LogP contribution in [0.2, 0.25) is 0 Å². The number of ether oxygens (including phenoxy) is 1. The maximum absolute atomic E-state index is 13.2. The van der Waals surface area contributed by atoms with Crippen molar-refractivity contribution in [3.8, 4) is 0 Å².